The van der Waals surface area contributed by atoms with Crippen molar-refractivity contribution in [3.05, 3.63) is 60.2 Å². The maximum absolute atomic E-state index is 5.48. The van der Waals surface area contributed by atoms with Crippen LogP contribution in [0, 0.1) is 0 Å². The third-order valence-corrected chi connectivity index (χ3v) is 4.23. The summed E-state index contributed by atoms with van der Waals surface area (Å²) >= 11 is 0. The van der Waals surface area contributed by atoms with Crippen LogP contribution in [0.3, 0.4) is 0 Å². The summed E-state index contributed by atoms with van der Waals surface area (Å²) in [6.45, 7) is 1.04. The Morgan fingerprint density at radius 1 is 0.952 bits per heavy atom. The van der Waals surface area contributed by atoms with Crippen LogP contribution in [0.5, 0.6) is 5.75 Å². The Labute approximate surface area is 124 Å². The molecule has 21 heavy (non-hydrogen) atoms. The van der Waals surface area contributed by atoms with Gasteiger partial charge in [0, 0.05) is 17.6 Å². The fourth-order valence-corrected chi connectivity index (χ4v) is 3.17. The summed E-state index contributed by atoms with van der Waals surface area (Å²) < 4.78 is 5.48. The summed E-state index contributed by atoms with van der Waals surface area (Å²) in [5, 5.41) is 5.82. The Kier molecular flexibility index (Phi) is 2.81. The number of methoxy groups -OCH3 is 1. The highest BCUT2D eigenvalue weighted by atomic mass is 16.5. The molecule has 0 saturated heterocycles. The normalized spacial score (nSPS) is 13.0. The zero-order valence-electron chi connectivity index (χ0n) is 12.0. The van der Waals surface area contributed by atoms with E-state index in [1.807, 2.05) is 0 Å². The molecule has 4 rings (SSSR count). The van der Waals surface area contributed by atoms with E-state index < -0.39 is 0 Å². The van der Waals surface area contributed by atoms with Crippen molar-refractivity contribution in [3.63, 3.8) is 0 Å². The second-order valence-electron chi connectivity index (χ2n) is 5.41. The van der Waals surface area contributed by atoms with Gasteiger partial charge in [-0.25, -0.2) is 0 Å². The molecular formula is C19H17NO. The first-order chi connectivity index (χ1) is 10.4. The molecule has 1 N–H and O–H groups in total. The molecular weight excluding hydrogens is 258 g/mol. The molecule has 0 aliphatic carbocycles. The van der Waals surface area contributed by atoms with Gasteiger partial charge in [0.15, 0.2) is 0 Å². The number of fused-ring (bicyclic) bond motifs is 2. The van der Waals surface area contributed by atoms with Crippen LogP contribution in [0.4, 0.5) is 5.69 Å². The maximum Gasteiger partial charge on any atom is 0.126 e. The number of benzene rings is 3. The predicted molar refractivity (Wildman–Crippen MR) is 88.1 cm³/mol. The van der Waals surface area contributed by atoms with Crippen molar-refractivity contribution >= 4 is 16.5 Å². The molecule has 0 saturated carbocycles. The topological polar surface area (TPSA) is 21.3 Å². The van der Waals surface area contributed by atoms with Crippen LogP contribution in [-0.2, 0) is 6.42 Å². The molecule has 2 nitrogen and oxygen atoms in total. The van der Waals surface area contributed by atoms with Crippen LogP contribution in [0.1, 0.15) is 5.56 Å². The first kappa shape index (κ1) is 12.3. The van der Waals surface area contributed by atoms with Crippen LogP contribution < -0.4 is 10.1 Å². The second-order valence-corrected chi connectivity index (χ2v) is 5.41. The highest BCUT2D eigenvalue weighted by molar-refractivity contribution is 6.00. The molecule has 1 heterocycles. The number of anilines is 1. The zero-order valence-corrected chi connectivity index (χ0v) is 12.0. The minimum atomic E-state index is 0.928. The van der Waals surface area contributed by atoms with Gasteiger partial charge >= 0.3 is 0 Å². The minimum absolute atomic E-state index is 0.928. The van der Waals surface area contributed by atoms with E-state index >= 15 is 0 Å². The summed E-state index contributed by atoms with van der Waals surface area (Å²) in [4.78, 5) is 0. The van der Waals surface area contributed by atoms with Crippen molar-refractivity contribution in [2.24, 2.45) is 0 Å². The third kappa shape index (κ3) is 1.95. The predicted octanol–water partition coefficient (Wildman–Crippen LogP) is 4.48. The van der Waals surface area contributed by atoms with E-state index in [1.54, 1.807) is 7.11 Å². The highest BCUT2D eigenvalue weighted by Crippen LogP contribution is 2.36. The third-order valence-electron chi connectivity index (χ3n) is 4.23. The second kappa shape index (κ2) is 4.81. The number of hydrogen-bond acceptors (Lipinski definition) is 2. The molecule has 1 aliphatic heterocycles. The number of nitrogens with one attached hydrogen (secondary N) is 1. The molecule has 0 fully saturated rings. The molecule has 3 aromatic carbocycles. The smallest absolute Gasteiger partial charge is 0.126 e. The SMILES string of the molecule is COc1ccc(-c2ccc3c(c2)CCN3)c2ccccc12. The van der Waals surface area contributed by atoms with Gasteiger partial charge in [-0.05, 0) is 46.7 Å². The van der Waals surface area contributed by atoms with E-state index in [1.165, 1.54) is 27.8 Å². The Morgan fingerprint density at radius 3 is 2.67 bits per heavy atom. The van der Waals surface area contributed by atoms with Gasteiger partial charge in [0.05, 0.1) is 7.11 Å². The average molecular weight is 275 g/mol. The molecule has 0 atom stereocenters. The van der Waals surface area contributed by atoms with Gasteiger partial charge in [-0.1, -0.05) is 36.4 Å². The lowest BCUT2D eigenvalue weighted by Gasteiger charge is -2.11. The minimum Gasteiger partial charge on any atom is -0.496 e. The fourth-order valence-electron chi connectivity index (χ4n) is 3.17. The Morgan fingerprint density at radius 2 is 1.81 bits per heavy atom. The number of hydrogen-bond donors (Lipinski definition) is 1. The van der Waals surface area contributed by atoms with Gasteiger partial charge in [-0.2, -0.15) is 0 Å². The Hall–Kier alpha value is -2.48. The van der Waals surface area contributed by atoms with Crippen molar-refractivity contribution in [3.8, 4) is 16.9 Å². The summed E-state index contributed by atoms with van der Waals surface area (Å²) in [6, 6.07) is 19.3. The van der Waals surface area contributed by atoms with Crippen LogP contribution >= 0.6 is 0 Å². The summed E-state index contributed by atoms with van der Waals surface area (Å²) in [7, 11) is 1.72. The summed E-state index contributed by atoms with van der Waals surface area (Å²) in [5.41, 5.74) is 5.22. The van der Waals surface area contributed by atoms with Gasteiger partial charge in [0.2, 0.25) is 0 Å². The van der Waals surface area contributed by atoms with Crippen LogP contribution in [0.15, 0.2) is 54.6 Å². The average Bonchev–Trinajstić information content (AvgIpc) is 3.01. The quantitative estimate of drug-likeness (QED) is 0.744. The molecule has 1 aliphatic rings. The van der Waals surface area contributed by atoms with Gasteiger partial charge in [-0.3, -0.25) is 0 Å². The molecule has 0 radical (unpaired) electrons. The molecule has 104 valence electrons. The molecule has 0 unspecified atom stereocenters. The van der Waals surface area contributed by atoms with Gasteiger partial charge < -0.3 is 10.1 Å². The molecule has 2 heteroatoms. The van der Waals surface area contributed by atoms with Crippen LogP contribution in [0.2, 0.25) is 0 Å². The first-order valence-electron chi connectivity index (χ1n) is 7.30. The molecule has 0 aromatic heterocycles. The van der Waals surface area contributed by atoms with E-state index in [9.17, 15) is 0 Å². The van der Waals surface area contributed by atoms with Crippen molar-refractivity contribution in [1.29, 1.82) is 0 Å². The largest absolute Gasteiger partial charge is 0.496 e. The van der Waals surface area contributed by atoms with Crippen molar-refractivity contribution < 1.29 is 4.74 Å². The van der Waals surface area contributed by atoms with E-state index in [0.717, 1.165) is 24.1 Å². The molecule has 3 aromatic rings. The van der Waals surface area contributed by atoms with Gasteiger partial charge in [0.1, 0.15) is 5.75 Å². The van der Waals surface area contributed by atoms with E-state index in [0.29, 0.717) is 0 Å². The highest BCUT2D eigenvalue weighted by Gasteiger charge is 2.13. The standard InChI is InChI=1S/C19H17NO/c1-21-19-9-7-15(16-4-2-3-5-17(16)19)13-6-8-18-14(12-13)10-11-20-18/h2-9,12,20H,10-11H2,1H3. The lowest BCUT2D eigenvalue weighted by Crippen LogP contribution is -1.90. The molecule has 0 bridgehead atoms. The maximum atomic E-state index is 5.48. The zero-order chi connectivity index (χ0) is 14.2. The first-order valence-corrected chi connectivity index (χ1v) is 7.30. The Balaban J connectivity index is 1.95. The van der Waals surface area contributed by atoms with E-state index in [-0.39, 0.29) is 0 Å². The Bertz CT molecular complexity index is 823. The number of ether oxygens (including phenoxy) is 1. The molecule has 0 amide bonds. The van der Waals surface area contributed by atoms with Crippen LogP contribution in [0.25, 0.3) is 21.9 Å². The fraction of sp³-hybridized carbons (Fsp3) is 0.158. The lowest BCUT2D eigenvalue weighted by atomic mass is 9.96. The van der Waals surface area contributed by atoms with Crippen LogP contribution in [-0.4, -0.2) is 13.7 Å². The lowest BCUT2D eigenvalue weighted by molar-refractivity contribution is 0.420. The van der Waals surface area contributed by atoms with Gasteiger partial charge in [-0.15, -0.1) is 0 Å². The summed E-state index contributed by atoms with van der Waals surface area (Å²) in [6.07, 6.45) is 1.11. The van der Waals surface area contributed by atoms with Crippen molar-refractivity contribution in [1.82, 2.24) is 0 Å². The number of rotatable bonds is 2. The molecule has 0 spiro atoms. The van der Waals surface area contributed by atoms with Gasteiger partial charge in [0.25, 0.3) is 0 Å². The van der Waals surface area contributed by atoms with Crippen molar-refractivity contribution in [2.75, 3.05) is 19.0 Å². The van der Waals surface area contributed by atoms with E-state index in [4.69, 9.17) is 4.74 Å². The monoisotopic (exact) mass is 275 g/mol. The van der Waals surface area contributed by atoms with E-state index in [2.05, 4.69) is 59.9 Å². The summed E-state index contributed by atoms with van der Waals surface area (Å²) in [5.74, 6) is 0.928. The van der Waals surface area contributed by atoms with Crippen molar-refractivity contribution in [2.45, 2.75) is 6.42 Å².